The minimum atomic E-state index is 0. The molecular formula is C28H38N2Ni. The average molecular weight is 461 g/mol. The molecule has 3 heteroatoms. The van der Waals surface area contributed by atoms with Crippen LogP contribution in [0, 0.1) is 21.8 Å². The third-order valence-electron chi connectivity index (χ3n) is 5.44. The molecule has 2 aromatic carbocycles. The van der Waals surface area contributed by atoms with Gasteiger partial charge in [0.1, 0.15) is 0 Å². The molecule has 0 amide bonds. The van der Waals surface area contributed by atoms with Crippen LogP contribution in [0.4, 0.5) is 0 Å². The summed E-state index contributed by atoms with van der Waals surface area (Å²) < 4.78 is 1.41. The molecule has 1 heterocycles. The topological polar surface area (TPSA) is 25.3 Å². The molecule has 0 saturated heterocycles. The van der Waals surface area contributed by atoms with Crippen molar-refractivity contribution in [3.8, 4) is 0 Å². The minimum Gasteiger partial charge on any atom is -0.493 e. The SMILES string of the molecule is CCCCCC1=C(c2cccc(C)c2)[N+](=[N-])C(c2cccc(CCCC)c2)=C1.[CH3-].[CH3-].[Ni+2]. The minimum absolute atomic E-state index is 0. The second-order valence-corrected chi connectivity index (χ2v) is 7.85. The van der Waals surface area contributed by atoms with Crippen LogP contribution in [-0.4, -0.2) is 4.70 Å². The predicted molar refractivity (Wildman–Crippen MR) is 132 cm³/mol. The zero-order chi connectivity index (χ0) is 19.9. The van der Waals surface area contributed by atoms with Crippen molar-refractivity contribution in [1.82, 2.24) is 0 Å². The van der Waals surface area contributed by atoms with Crippen molar-refractivity contribution in [1.29, 1.82) is 0 Å². The maximum atomic E-state index is 11.1. The third kappa shape index (κ3) is 7.28. The normalized spacial score (nSPS) is 12.6. The number of nitrogens with zero attached hydrogens (tertiary/aromatic N) is 2. The Kier molecular flexibility index (Phi) is 13.2. The maximum Gasteiger partial charge on any atom is 2.00 e. The first-order valence-electron chi connectivity index (χ1n) is 10.7. The van der Waals surface area contributed by atoms with Crippen molar-refractivity contribution in [3.05, 3.63) is 103 Å². The van der Waals surface area contributed by atoms with Crippen molar-refractivity contribution in [2.45, 2.75) is 65.7 Å². The van der Waals surface area contributed by atoms with Crippen LogP contribution in [0.3, 0.4) is 0 Å². The summed E-state index contributed by atoms with van der Waals surface area (Å²) in [5.41, 5.74) is 18.9. The van der Waals surface area contributed by atoms with E-state index in [4.69, 9.17) is 0 Å². The Morgan fingerprint density at radius 3 is 2.16 bits per heavy atom. The standard InChI is InChI=1S/C26H32N2.2CH3.Ni/c1-4-6-8-14-24-19-25(22-15-10-13-21(18-22)12-7-5-2)28(27)26(24)23-16-9-11-20(3)17-23;;;/h9-11,13,15-19H,4-8,12,14H2,1-3H3;2*1H3;/q;2*-1;+2. The maximum absolute atomic E-state index is 11.1. The molecule has 0 spiro atoms. The van der Waals surface area contributed by atoms with E-state index < -0.39 is 0 Å². The van der Waals surface area contributed by atoms with Crippen molar-refractivity contribution in [2.75, 3.05) is 0 Å². The van der Waals surface area contributed by atoms with E-state index in [9.17, 15) is 5.53 Å². The quantitative estimate of drug-likeness (QED) is 0.155. The monoisotopic (exact) mass is 460 g/mol. The van der Waals surface area contributed by atoms with Gasteiger partial charge in [0.05, 0.1) is 0 Å². The van der Waals surface area contributed by atoms with Crippen LogP contribution < -0.4 is 0 Å². The van der Waals surface area contributed by atoms with Gasteiger partial charge < -0.3 is 20.4 Å². The Balaban J connectivity index is 0.00000300. The molecule has 0 N–H and O–H groups in total. The van der Waals surface area contributed by atoms with Gasteiger partial charge in [-0.25, -0.2) is 4.70 Å². The van der Waals surface area contributed by atoms with Crippen LogP contribution in [0.2, 0.25) is 0 Å². The fraction of sp³-hybridized carbons (Fsp3) is 0.357. The van der Waals surface area contributed by atoms with Crippen LogP contribution in [0.15, 0.2) is 60.2 Å². The van der Waals surface area contributed by atoms with Crippen molar-refractivity contribution in [3.63, 3.8) is 0 Å². The number of allylic oxidation sites excluding steroid dienone is 2. The summed E-state index contributed by atoms with van der Waals surface area (Å²) in [6.07, 6.45) is 10.2. The van der Waals surface area contributed by atoms with Crippen molar-refractivity contribution >= 4 is 11.4 Å². The Hall–Kier alpha value is -1.99. The fourth-order valence-electron chi connectivity index (χ4n) is 3.88. The Labute approximate surface area is 200 Å². The van der Waals surface area contributed by atoms with Crippen LogP contribution >= 0.6 is 0 Å². The van der Waals surface area contributed by atoms with E-state index in [1.165, 1.54) is 47.1 Å². The third-order valence-corrected chi connectivity index (χ3v) is 5.44. The molecule has 170 valence electrons. The molecular weight excluding hydrogens is 423 g/mol. The Morgan fingerprint density at radius 2 is 1.48 bits per heavy atom. The van der Waals surface area contributed by atoms with E-state index >= 15 is 0 Å². The van der Waals surface area contributed by atoms with Gasteiger partial charge in [-0.3, -0.25) is 0 Å². The molecule has 31 heavy (non-hydrogen) atoms. The second-order valence-electron chi connectivity index (χ2n) is 7.85. The average Bonchev–Trinajstić information content (AvgIpc) is 3.03. The van der Waals surface area contributed by atoms with Gasteiger partial charge >= 0.3 is 16.5 Å². The van der Waals surface area contributed by atoms with Gasteiger partial charge in [0, 0.05) is 22.8 Å². The number of rotatable bonds is 9. The van der Waals surface area contributed by atoms with Gasteiger partial charge in [-0.2, -0.15) is 0 Å². The van der Waals surface area contributed by atoms with E-state index in [2.05, 4.69) is 75.4 Å². The smallest absolute Gasteiger partial charge is 0.493 e. The van der Waals surface area contributed by atoms with Crippen LogP contribution in [0.5, 0.6) is 0 Å². The second kappa shape index (κ2) is 14.1. The number of unbranched alkanes of at least 4 members (excludes halogenated alkanes) is 3. The first-order valence-corrected chi connectivity index (χ1v) is 10.7. The summed E-state index contributed by atoms with van der Waals surface area (Å²) in [5.74, 6) is 0. The van der Waals surface area contributed by atoms with E-state index in [0.29, 0.717) is 0 Å². The number of hydrogen-bond acceptors (Lipinski definition) is 0. The van der Waals surface area contributed by atoms with Crippen LogP contribution in [-0.2, 0) is 22.9 Å². The van der Waals surface area contributed by atoms with Crippen molar-refractivity contribution < 1.29 is 21.2 Å². The molecule has 2 aromatic rings. The molecule has 0 atom stereocenters. The summed E-state index contributed by atoms with van der Waals surface area (Å²) in [6, 6.07) is 17.1. The first-order chi connectivity index (χ1) is 13.6. The molecule has 0 aromatic heterocycles. The van der Waals surface area contributed by atoms with Gasteiger partial charge in [-0.1, -0.05) is 62.9 Å². The van der Waals surface area contributed by atoms with Gasteiger partial charge in [0.25, 0.3) is 0 Å². The van der Waals surface area contributed by atoms with E-state index in [-0.39, 0.29) is 31.3 Å². The summed E-state index contributed by atoms with van der Waals surface area (Å²) in [5, 5.41) is 0. The van der Waals surface area contributed by atoms with Crippen LogP contribution in [0.1, 0.15) is 74.6 Å². The molecule has 0 fully saturated rings. The Morgan fingerprint density at radius 1 is 0.806 bits per heavy atom. The summed E-state index contributed by atoms with van der Waals surface area (Å²) >= 11 is 0. The van der Waals surface area contributed by atoms with Gasteiger partial charge in [-0.05, 0) is 62.4 Å². The molecule has 0 unspecified atom stereocenters. The van der Waals surface area contributed by atoms with E-state index in [1.807, 2.05) is 0 Å². The zero-order valence-corrected chi connectivity index (χ0v) is 20.8. The summed E-state index contributed by atoms with van der Waals surface area (Å²) in [6.45, 7) is 6.55. The largest absolute Gasteiger partial charge is 2.00 e. The first kappa shape index (κ1) is 29.0. The predicted octanol–water partition coefficient (Wildman–Crippen LogP) is 8.62. The van der Waals surface area contributed by atoms with Gasteiger partial charge in [-0.15, -0.1) is 0 Å². The van der Waals surface area contributed by atoms with Gasteiger partial charge in [0.15, 0.2) is 0 Å². The van der Waals surface area contributed by atoms with E-state index in [0.717, 1.165) is 41.8 Å². The number of benzene rings is 2. The number of hydrogen-bond donors (Lipinski definition) is 0. The summed E-state index contributed by atoms with van der Waals surface area (Å²) in [4.78, 5) is 0. The van der Waals surface area contributed by atoms with Crippen LogP contribution in [0.25, 0.3) is 16.9 Å². The molecule has 1 aliphatic heterocycles. The molecule has 3 rings (SSSR count). The number of aryl methyl sites for hydroxylation is 2. The molecule has 0 bridgehead atoms. The molecule has 0 saturated carbocycles. The Bertz CT molecular complexity index is 909. The fourth-order valence-corrected chi connectivity index (χ4v) is 3.88. The van der Waals surface area contributed by atoms with E-state index in [1.54, 1.807) is 0 Å². The van der Waals surface area contributed by atoms with Gasteiger partial charge in [0.2, 0.25) is 11.4 Å². The molecule has 0 radical (unpaired) electrons. The van der Waals surface area contributed by atoms with Crippen molar-refractivity contribution in [2.24, 2.45) is 0 Å². The summed E-state index contributed by atoms with van der Waals surface area (Å²) in [7, 11) is 0. The zero-order valence-electron chi connectivity index (χ0n) is 19.9. The molecule has 2 nitrogen and oxygen atoms in total. The molecule has 0 aliphatic carbocycles. The molecule has 1 aliphatic rings.